The third-order valence-electron chi connectivity index (χ3n) is 2.28. The molecule has 0 saturated carbocycles. The van der Waals surface area contributed by atoms with Crippen molar-refractivity contribution in [3.05, 3.63) is 0 Å². The van der Waals surface area contributed by atoms with Crippen LogP contribution in [0, 0.1) is 11.8 Å². The van der Waals surface area contributed by atoms with Crippen LogP contribution in [0.5, 0.6) is 0 Å². The molecule has 3 heteroatoms. The Morgan fingerprint density at radius 3 is 2.00 bits per heavy atom. The first-order valence-electron chi connectivity index (χ1n) is 4.71. The summed E-state index contributed by atoms with van der Waals surface area (Å²) in [4.78, 5) is 23.3. The van der Waals surface area contributed by atoms with Gasteiger partial charge in [0.15, 0.2) is 0 Å². The normalized spacial score (nSPS) is 15.4. The van der Waals surface area contributed by atoms with Crippen molar-refractivity contribution in [2.75, 3.05) is 20.6 Å². The van der Waals surface area contributed by atoms with Gasteiger partial charge in [0.25, 0.3) is 0 Å². The number of nitrogens with zero attached hydrogens (tertiary/aromatic N) is 1. The maximum Gasteiger partial charge on any atom is 0.123 e. The van der Waals surface area contributed by atoms with E-state index in [9.17, 15) is 9.59 Å². The van der Waals surface area contributed by atoms with Crippen molar-refractivity contribution in [3.8, 4) is 0 Å². The van der Waals surface area contributed by atoms with E-state index in [-0.39, 0.29) is 11.8 Å². The molecule has 0 radical (unpaired) electrons. The molecule has 13 heavy (non-hydrogen) atoms. The van der Waals surface area contributed by atoms with Gasteiger partial charge >= 0.3 is 0 Å². The first-order chi connectivity index (χ1) is 6.15. The highest BCUT2D eigenvalue weighted by Gasteiger charge is 2.18. The maximum absolute atomic E-state index is 10.7. The Morgan fingerprint density at radius 2 is 1.69 bits per heavy atom. The highest BCUT2D eigenvalue weighted by molar-refractivity contribution is 5.64. The molecule has 0 amide bonds. The summed E-state index contributed by atoms with van der Waals surface area (Å²) in [6.45, 7) is 2.79. The Morgan fingerprint density at radius 1 is 1.15 bits per heavy atom. The minimum atomic E-state index is -0.107. The van der Waals surface area contributed by atoms with Crippen LogP contribution in [0.25, 0.3) is 0 Å². The zero-order chi connectivity index (χ0) is 10.3. The van der Waals surface area contributed by atoms with E-state index in [1.165, 1.54) is 0 Å². The number of hydrogen-bond acceptors (Lipinski definition) is 3. The highest BCUT2D eigenvalue weighted by Crippen LogP contribution is 2.15. The second kappa shape index (κ2) is 6.78. The van der Waals surface area contributed by atoms with Crippen LogP contribution in [-0.2, 0) is 9.59 Å². The SMILES string of the molecule is CCC(C=O)C(C=O)CCN(C)C. The van der Waals surface area contributed by atoms with Crippen LogP contribution in [0.3, 0.4) is 0 Å². The second-order valence-corrected chi connectivity index (χ2v) is 3.60. The van der Waals surface area contributed by atoms with Gasteiger partial charge in [0, 0.05) is 11.8 Å². The van der Waals surface area contributed by atoms with E-state index in [4.69, 9.17) is 0 Å². The van der Waals surface area contributed by atoms with E-state index < -0.39 is 0 Å². The lowest BCUT2D eigenvalue weighted by Gasteiger charge is -2.17. The zero-order valence-electron chi connectivity index (χ0n) is 8.69. The standard InChI is InChI=1S/C10H19NO2/c1-4-9(7-12)10(8-13)5-6-11(2)3/h7-10H,4-6H2,1-3H3. The maximum atomic E-state index is 10.7. The molecule has 0 rings (SSSR count). The fourth-order valence-electron chi connectivity index (χ4n) is 1.29. The first kappa shape index (κ1) is 12.3. The van der Waals surface area contributed by atoms with E-state index in [1.54, 1.807) is 0 Å². The second-order valence-electron chi connectivity index (χ2n) is 3.60. The molecule has 0 fully saturated rings. The Balaban J connectivity index is 3.99. The van der Waals surface area contributed by atoms with E-state index >= 15 is 0 Å². The van der Waals surface area contributed by atoms with Crippen molar-refractivity contribution in [1.29, 1.82) is 0 Å². The third-order valence-corrected chi connectivity index (χ3v) is 2.28. The quantitative estimate of drug-likeness (QED) is 0.555. The average molecular weight is 185 g/mol. The smallest absolute Gasteiger partial charge is 0.123 e. The summed E-state index contributed by atoms with van der Waals surface area (Å²) in [5.41, 5.74) is 0. The van der Waals surface area contributed by atoms with Crippen LogP contribution < -0.4 is 0 Å². The van der Waals surface area contributed by atoms with Gasteiger partial charge < -0.3 is 14.5 Å². The Bertz CT molecular complexity index is 157. The summed E-state index contributed by atoms with van der Waals surface area (Å²) in [5.74, 6) is -0.206. The molecule has 0 aromatic heterocycles. The molecule has 0 aliphatic heterocycles. The van der Waals surface area contributed by atoms with Crippen molar-refractivity contribution in [1.82, 2.24) is 4.90 Å². The number of carbonyl (C=O) groups is 2. The lowest BCUT2D eigenvalue weighted by molar-refractivity contribution is -0.119. The van der Waals surface area contributed by atoms with Gasteiger partial charge in [-0.25, -0.2) is 0 Å². The predicted octanol–water partition coefficient (Wildman–Crippen LogP) is 0.978. The topological polar surface area (TPSA) is 37.4 Å². The van der Waals surface area contributed by atoms with Gasteiger partial charge in [-0.05, 0) is 33.5 Å². The number of aldehydes is 2. The molecule has 0 aromatic carbocycles. The Kier molecular flexibility index (Phi) is 6.41. The number of hydrogen-bond donors (Lipinski definition) is 0. The average Bonchev–Trinajstić information content (AvgIpc) is 2.11. The number of carbonyl (C=O) groups excluding carboxylic acids is 2. The van der Waals surface area contributed by atoms with Crippen molar-refractivity contribution in [2.45, 2.75) is 19.8 Å². The molecular weight excluding hydrogens is 166 g/mol. The molecule has 2 unspecified atom stereocenters. The molecule has 0 aromatic rings. The minimum absolute atomic E-state index is 0.0996. The van der Waals surface area contributed by atoms with Gasteiger partial charge in [0.2, 0.25) is 0 Å². The molecule has 0 heterocycles. The Labute approximate surface area is 80.1 Å². The van der Waals surface area contributed by atoms with Crippen LogP contribution >= 0.6 is 0 Å². The van der Waals surface area contributed by atoms with Crippen molar-refractivity contribution in [2.24, 2.45) is 11.8 Å². The molecule has 3 nitrogen and oxygen atoms in total. The van der Waals surface area contributed by atoms with Gasteiger partial charge in [0.1, 0.15) is 12.6 Å². The van der Waals surface area contributed by atoms with E-state index in [2.05, 4.69) is 0 Å². The van der Waals surface area contributed by atoms with E-state index in [0.717, 1.165) is 32.0 Å². The lowest BCUT2D eigenvalue weighted by atomic mass is 9.90. The summed E-state index contributed by atoms with van der Waals surface area (Å²) in [7, 11) is 3.92. The van der Waals surface area contributed by atoms with Gasteiger partial charge in [-0.1, -0.05) is 6.92 Å². The molecule has 0 saturated heterocycles. The third kappa shape index (κ3) is 4.78. The van der Waals surface area contributed by atoms with Crippen molar-refractivity contribution < 1.29 is 9.59 Å². The summed E-state index contributed by atoms with van der Waals surface area (Å²) < 4.78 is 0. The molecule has 0 spiro atoms. The van der Waals surface area contributed by atoms with Crippen LogP contribution in [0.1, 0.15) is 19.8 Å². The molecule has 0 N–H and O–H groups in total. The van der Waals surface area contributed by atoms with Crippen LogP contribution in [-0.4, -0.2) is 38.1 Å². The monoisotopic (exact) mass is 185 g/mol. The molecule has 76 valence electrons. The van der Waals surface area contributed by atoms with Gasteiger partial charge in [-0.3, -0.25) is 0 Å². The molecular formula is C10H19NO2. The minimum Gasteiger partial charge on any atom is -0.309 e. The largest absolute Gasteiger partial charge is 0.309 e. The van der Waals surface area contributed by atoms with Crippen LogP contribution in [0.4, 0.5) is 0 Å². The van der Waals surface area contributed by atoms with Gasteiger partial charge in [-0.2, -0.15) is 0 Å². The first-order valence-corrected chi connectivity index (χ1v) is 4.71. The predicted molar refractivity (Wildman–Crippen MR) is 52.6 cm³/mol. The highest BCUT2D eigenvalue weighted by atomic mass is 16.1. The lowest BCUT2D eigenvalue weighted by Crippen LogP contribution is -2.23. The summed E-state index contributed by atoms with van der Waals surface area (Å²) >= 11 is 0. The molecule has 0 bridgehead atoms. The fourth-order valence-corrected chi connectivity index (χ4v) is 1.29. The van der Waals surface area contributed by atoms with E-state index in [0.29, 0.717) is 0 Å². The van der Waals surface area contributed by atoms with Gasteiger partial charge in [0.05, 0.1) is 0 Å². The van der Waals surface area contributed by atoms with Crippen molar-refractivity contribution in [3.63, 3.8) is 0 Å². The van der Waals surface area contributed by atoms with Crippen LogP contribution in [0.2, 0.25) is 0 Å². The number of rotatable bonds is 7. The zero-order valence-corrected chi connectivity index (χ0v) is 8.69. The molecule has 2 atom stereocenters. The summed E-state index contributed by atoms with van der Waals surface area (Å²) in [6.07, 6.45) is 3.33. The fraction of sp³-hybridized carbons (Fsp3) is 0.800. The van der Waals surface area contributed by atoms with Crippen LogP contribution in [0.15, 0.2) is 0 Å². The Hall–Kier alpha value is -0.700. The van der Waals surface area contributed by atoms with Crippen molar-refractivity contribution >= 4 is 12.6 Å². The summed E-state index contributed by atoms with van der Waals surface area (Å²) in [6, 6.07) is 0. The van der Waals surface area contributed by atoms with Gasteiger partial charge in [-0.15, -0.1) is 0 Å². The summed E-state index contributed by atoms with van der Waals surface area (Å²) in [5, 5.41) is 0. The van der Waals surface area contributed by atoms with E-state index in [1.807, 2.05) is 25.9 Å². The molecule has 0 aliphatic rings. The molecule has 0 aliphatic carbocycles.